The van der Waals surface area contributed by atoms with Crippen LogP contribution in [0.5, 0.6) is 0 Å². The molecule has 1 aromatic carbocycles. The van der Waals surface area contributed by atoms with Gasteiger partial charge < -0.3 is 19.5 Å². The number of hydrogen-bond donors (Lipinski definition) is 1. The molecular weight excluding hydrogens is 384 g/mol. The summed E-state index contributed by atoms with van der Waals surface area (Å²) in [7, 11) is 2.09. The number of hydrogen-bond acceptors (Lipinski definition) is 5. The summed E-state index contributed by atoms with van der Waals surface area (Å²) in [4.78, 5) is 20.5. The van der Waals surface area contributed by atoms with E-state index < -0.39 is 0 Å². The van der Waals surface area contributed by atoms with Crippen LogP contribution in [0.3, 0.4) is 0 Å². The molecule has 2 aliphatic heterocycles. The number of aryl methyl sites for hydroxylation is 1. The van der Waals surface area contributed by atoms with Crippen LogP contribution in [0.1, 0.15) is 34.8 Å². The predicted molar refractivity (Wildman–Crippen MR) is 116 cm³/mol. The molecule has 7 heteroatoms. The first-order chi connectivity index (χ1) is 13.9. The minimum atomic E-state index is -0.247. The number of para-hydroxylation sites is 1. The number of ether oxygens (including phenoxy) is 1. The molecule has 1 fully saturated rings. The molecular formula is C22H26N4O2S. The number of benzene rings is 1. The standard InChI is InChI=1S/C22H26N4O2S/c1-22(2)11-17-19(20(27)24-22)29-21(23-17)26-8-9-28-13-15(26)10-14-12-25(3)18-7-5-4-6-16(14)18/h4-7,12,15H,8-11,13H2,1-3H3,(H,24,27)/t15-/m0/s1. The van der Waals surface area contributed by atoms with Crippen molar-refractivity contribution in [2.75, 3.05) is 24.7 Å². The normalized spacial score (nSPS) is 21.3. The lowest BCUT2D eigenvalue weighted by Crippen LogP contribution is -2.48. The number of amides is 1. The van der Waals surface area contributed by atoms with Gasteiger partial charge in [0, 0.05) is 42.7 Å². The second kappa shape index (κ2) is 6.85. The van der Waals surface area contributed by atoms with Crippen molar-refractivity contribution in [2.45, 2.75) is 38.3 Å². The molecule has 29 heavy (non-hydrogen) atoms. The maximum Gasteiger partial charge on any atom is 0.263 e. The first-order valence-corrected chi connectivity index (χ1v) is 10.9. The summed E-state index contributed by atoms with van der Waals surface area (Å²) < 4.78 is 8.02. The van der Waals surface area contributed by atoms with Gasteiger partial charge in [-0.25, -0.2) is 4.98 Å². The van der Waals surface area contributed by atoms with Crippen LogP contribution in [0, 0.1) is 0 Å². The van der Waals surface area contributed by atoms with Gasteiger partial charge in [-0.3, -0.25) is 4.79 Å². The van der Waals surface area contributed by atoms with E-state index in [1.165, 1.54) is 27.8 Å². The monoisotopic (exact) mass is 410 g/mol. The van der Waals surface area contributed by atoms with E-state index in [2.05, 4.69) is 52.3 Å². The van der Waals surface area contributed by atoms with Gasteiger partial charge in [0.1, 0.15) is 4.88 Å². The molecule has 5 rings (SSSR count). The Morgan fingerprint density at radius 1 is 1.34 bits per heavy atom. The number of carbonyl (C=O) groups is 1. The lowest BCUT2D eigenvalue weighted by molar-refractivity contribution is 0.0900. The third-order valence-corrected chi connectivity index (χ3v) is 7.00. The van der Waals surface area contributed by atoms with Crippen LogP contribution in [0.25, 0.3) is 10.9 Å². The molecule has 4 heterocycles. The fourth-order valence-electron chi connectivity index (χ4n) is 4.50. The molecule has 3 aromatic rings. The Morgan fingerprint density at radius 3 is 3.03 bits per heavy atom. The number of nitrogens with zero attached hydrogens (tertiary/aromatic N) is 3. The molecule has 1 atom stereocenters. The van der Waals surface area contributed by atoms with Crippen LogP contribution in [0.15, 0.2) is 30.5 Å². The second-order valence-electron chi connectivity index (χ2n) is 8.70. The zero-order valence-electron chi connectivity index (χ0n) is 17.1. The summed E-state index contributed by atoms with van der Waals surface area (Å²) >= 11 is 1.52. The summed E-state index contributed by atoms with van der Waals surface area (Å²) in [6.45, 7) is 6.25. The van der Waals surface area contributed by atoms with Crippen LogP contribution in [0.2, 0.25) is 0 Å². The van der Waals surface area contributed by atoms with Gasteiger partial charge in [0.05, 0.1) is 24.9 Å². The van der Waals surface area contributed by atoms with Gasteiger partial charge in [-0.1, -0.05) is 29.5 Å². The van der Waals surface area contributed by atoms with Crippen molar-refractivity contribution in [1.82, 2.24) is 14.9 Å². The summed E-state index contributed by atoms with van der Waals surface area (Å²) in [5.74, 6) is -0.00105. The van der Waals surface area contributed by atoms with Crippen molar-refractivity contribution < 1.29 is 9.53 Å². The SMILES string of the molecule is Cn1cc(C[C@H]2COCCN2c2nc3c(s2)C(=O)NC(C)(C)C3)c2ccccc21. The highest BCUT2D eigenvalue weighted by Crippen LogP contribution is 2.34. The molecule has 0 unspecified atom stereocenters. The Morgan fingerprint density at radius 2 is 2.17 bits per heavy atom. The van der Waals surface area contributed by atoms with Gasteiger partial charge in [-0.05, 0) is 31.9 Å². The maximum atomic E-state index is 12.5. The zero-order valence-corrected chi connectivity index (χ0v) is 17.9. The Balaban J connectivity index is 1.46. The second-order valence-corrected chi connectivity index (χ2v) is 9.67. The highest BCUT2D eigenvalue weighted by atomic mass is 32.1. The Hall–Kier alpha value is -2.38. The summed E-state index contributed by atoms with van der Waals surface area (Å²) in [5.41, 5.74) is 3.25. The average molecular weight is 411 g/mol. The number of anilines is 1. The van der Waals surface area contributed by atoms with E-state index in [-0.39, 0.29) is 17.5 Å². The molecule has 0 radical (unpaired) electrons. The topological polar surface area (TPSA) is 59.4 Å². The quantitative estimate of drug-likeness (QED) is 0.721. The fourth-order valence-corrected chi connectivity index (χ4v) is 5.58. The largest absolute Gasteiger partial charge is 0.377 e. The van der Waals surface area contributed by atoms with E-state index in [4.69, 9.17) is 9.72 Å². The lowest BCUT2D eigenvalue weighted by atomic mass is 9.94. The van der Waals surface area contributed by atoms with Gasteiger partial charge in [-0.15, -0.1) is 0 Å². The first-order valence-electron chi connectivity index (χ1n) is 10.1. The van der Waals surface area contributed by atoms with E-state index in [1.807, 2.05) is 13.8 Å². The molecule has 1 saturated heterocycles. The molecule has 0 aliphatic carbocycles. The predicted octanol–water partition coefficient (Wildman–Crippen LogP) is 3.15. The summed E-state index contributed by atoms with van der Waals surface area (Å²) in [5, 5.41) is 5.32. The number of rotatable bonds is 3. The van der Waals surface area contributed by atoms with Gasteiger partial charge in [0.2, 0.25) is 0 Å². The smallest absolute Gasteiger partial charge is 0.263 e. The van der Waals surface area contributed by atoms with Gasteiger partial charge in [-0.2, -0.15) is 0 Å². The van der Waals surface area contributed by atoms with Gasteiger partial charge >= 0.3 is 0 Å². The number of carbonyl (C=O) groups excluding carboxylic acids is 1. The molecule has 1 amide bonds. The Labute approximate surface area is 174 Å². The first kappa shape index (κ1) is 18.6. The highest BCUT2D eigenvalue weighted by Gasteiger charge is 2.35. The lowest BCUT2D eigenvalue weighted by Gasteiger charge is -2.35. The molecule has 0 bridgehead atoms. The highest BCUT2D eigenvalue weighted by molar-refractivity contribution is 7.17. The minimum Gasteiger partial charge on any atom is -0.377 e. The summed E-state index contributed by atoms with van der Waals surface area (Å²) in [6, 6.07) is 8.72. The minimum absolute atomic E-state index is 0.00105. The molecule has 0 saturated carbocycles. The molecule has 2 aliphatic rings. The molecule has 152 valence electrons. The van der Waals surface area contributed by atoms with Crippen molar-refractivity contribution in [1.29, 1.82) is 0 Å². The number of aromatic nitrogens is 2. The van der Waals surface area contributed by atoms with E-state index in [1.54, 1.807) is 0 Å². The number of morpholine rings is 1. The van der Waals surface area contributed by atoms with Crippen molar-refractivity contribution in [3.05, 3.63) is 46.6 Å². The van der Waals surface area contributed by atoms with Crippen LogP contribution >= 0.6 is 11.3 Å². The zero-order chi connectivity index (χ0) is 20.2. The summed E-state index contributed by atoms with van der Waals surface area (Å²) in [6.07, 6.45) is 3.88. The van der Waals surface area contributed by atoms with Crippen LogP contribution in [-0.2, 0) is 24.6 Å². The third-order valence-electron chi connectivity index (χ3n) is 5.86. The number of nitrogens with one attached hydrogen (secondary N) is 1. The van der Waals surface area contributed by atoms with Gasteiger partial charge in [0.15, 0.2) is 5.13 Å². The van der Waals surface area contributed by atoms with Crippen molar-refractivity contribution in [3.8, 4) is 0 Å². The number of thiazole rings is 1. The van der Waals surface area contributed by atoms with E-state index in [9.17, 15) is 4.79 Å². The Bertz CT molecular complexity index is 1080. The van der Waals surface area contributed by atoms with Crippen LogP contribution in [-0.4, -0.2) is 46.8 Å². The molecule has 2 aromatic heterocycles. The Kier molecular flexibility index (Phi) is 4.40. The average Bonchev–Trinajstić information content (AvgIpc) is 3.23. The van der Waals surface area contributed by atoms with E-state index in [0.29, 0.717) is 13.2 Å². The van der Waals surface area contributed by atoms with Crippen molar-refractivity contribution in [3.63, 3.8) is 0 Å². The van der Waals surface area contributed by atoms with Gasteiger partial charge in [0.25, 0.3) is 5.91 Å². The van der Waals surface area contributed by atoms with E-state index >= 15 is 0 Å². The molecule has 1 N–H and O–H groups in total. The van der Waals surface area contributed by atoms with E-state index in [0.717, 1.165) is 35.1 Å². The van der Waals surface area contributed by atoms with Crippen LogP contribution < -0.4 is 10.2 Å². The third kappa shape index (κ3) is 3.32. The van der Waals surface area contributed by atoms with Crippen LogP contribution in [0.4, 0.5) is 5.13 Å². The van der Waals surface area contributed by atoms with Crippen molar-refractivity contribution in [2.24, 2.45) is 7.05 Å². The number of fused-ring (bicyclic) bond motifs is 2. The molecule has 0 spiro atoms. The molecule has 6 nitrogen and oxygen atoms in total. The van der Waals surface area contributed by atoms with Crippen molar-refractivity contribution >= 4 is 33.3 Å². The fraction of sp³-hybridized carbons (Fsp3) is 0.455. The maximum absolute atomic E-state index is 12.5.